The summed E-state index contributed by atoms with van der Waals surface area (Å²) >= 11 is 0. The summed E-state index contributed by atoms with van der Waals surface area (Å²) in [4.78, 5) is 0. The van der Waals surface area contributed by atoms with E-state index in [1.54, 1.807) is 0 Å². The minimum absolute atomic E-state index is 0.725. The molecule has 0 aliphatic carbocycles. The van der Waals surface area contributed by atoms with Gasteiger partial charge in [-0.2, -0.15) is 5.10 Å². The Bertz CT molecular complexity index is 462. The van der Waals surface area contributed by atoms with Gasteiger partial charge in [0.2, 0.25) is 0 Å². The van der Waals surface area contributed by atoms with Gasteiger partial charge in [-0.05, 0) is 57.6 Å². The fourth-order valence-corrected chi connectivity index (χ4v) is 2.35. The van der Waals surface area contributed by atoms with E-state index in [-0.39, 0.29) is 0 Å². The lowest BCUT2D eigenvalue weighted by Gasteiger charge is -2.22. The molecule has 1 rings (SSSR count). The minimum atomic E-state index is 0.725. The third-order valence-electron chi connectivity index (χ3n) is 3.99. The van der Waals surface area contributed by atoms with Crippen molar-refractivity contribution in [2.45, 2.75) is 59.8 Å². The molecule has 0 spiro atoms. The number of benzene rings is 1. The summed E-state index contributed by atoms with van der Waals surface area (Å²) in [5, 5.41) is 6.94. The van der Waals surface area contributed by atoms with Gasteiger partial charge in [0.1, 0.15) is 0 Å². The van der Waals surface area contributed by atoms with Gasteiger partial charge in [0.05, 0.1) is 5.69 Å². The van der Waals surface area contributed by atoms with Crippen LogP contribution in [0.1, 0.15) is 59.8 Å². The molecule has 22 heavy (non-hydrogen) atoms. The van der Waals surface area contributed by atoms with Crippen LogP contribution < -0.4 is 5.01 Å². The number of nitrogens with zero attached hydrogens (tertiary/aromatic N) is 2. The van der Waals surface area contributed by atoms with Crippen LogP contribution in [0.15, 0.2) is 47.6 Å². The van der Waals surface area contributed by atoms with Gasteiger partial charge in [-0.1, -0.05) is 44.0 Å². The summed E-state index contributed by atoms with van der Waals surface area (Å²) in [7, 11) is 0. The highest BCUT2D eigenvalue weighted by molar-refractivity contribution is 5.82. The summed E-state index contributed by atoms with van der Waals surface area (Å²) in [6.07, 6.45) is 5.84. The first-order chi connectivity index (χ1) is 10.5. The van der Waals surface area contributed by atoms with Crippen molar-refractivity contribution in [2.24, 2.45) is 11.0 Å². The first-order valence-electron chi connectivity index (χ1n) is 8.54. The fourth-order valence-electron chi connectivity index (χ4n) is 2.35. The highest BCUT2D eigenvalue weighted by atomic mass is 15.5. The average molecular weight is 300 g/mol. The molecule has 0 fully saturated rings. The summed E-state index contributed by atoms with van der Waals surface area (Å²) in [5.74, 6) is 0.725. The number of hydrazone groups is 1. The SMILES string of the molecule is C=C(C)CCCC(C)CCN(/N=C(\C)CC)c1ccccc1. The van der Waals surface area contributed by atoms with Gasteiger partial charge in [-0.3, -0.25) is 5.01 Å². The van der Waals surface area contributed by atoms with Crippen molar-refractivity contribution in [1.29, 1.82) is 0 Å². The number of hydrogen-bond donors (Lipinski definition) is 0. The van der Waals surface area contributed by atoms with E-state index in [1.165, 1.54) is 36.2 Å². The van der Waals surface area contributed by atoms with E-state index in [0.717, 1.165) is 25.3 Å². The third-order valence-corrected chi connectivity index (χ3v) is 3.99. The second kappa shape index (κ2) is 10.2. The van der Waals surface area contributed by atoms with Crippen molar-refractivity contribution >= 4 is 11.4 Å². The number of hydrogen-bond acceptors (Lipinski definition) is 2. The van der Waals surface area contributed by atoms with Crippen LogP contribution in [-0.2, 0) is 0 Å². The van der Waals surface area contributed by atoms with E-state index >= 15 is 0 Å². The summed E-state index contributed by atoms with van der Waals surface area (Å²) in [6.45, 7) is 13.7. The van der Waals surface area contributed by atoms with Crippen LogP contribution >= 0.6 is 0 Å². The topological polar surface area (TPSA) is 15.6 Å². The van der Waals surface area contributed by atoms with Gasteiger partial charge in [-0.25, -0.2) is 0 Å². The highest BCUT2D eigenvalue weighted by Gasteiger charge is 2.09. The molecule has 0 heterocycles. The molecule has 0 saturated carbocycles. The van der Waals surface area contributed by atoms with Crippen molar-refractivity contribution in [1.82, 2.24) is 0 Å². The molecule has 0 aliphatic rings. The van der Waals surface area contributed by atoms with Gasteiger partial charge in [0, 0.05) is 12.3 Å². The fraction of sp³-hybridized carbons (Fsp3) is 0.550. The van der Waals surface area contributed by atoms with Gasteiger partial charge in [0.15, 0.2) is 0 Å². The molecule has 0 aliphatic heterocycles. The summed E-state index contributed by atoms with van der Waals surface area (Å²) < 4.78 is 0. The number of allylic oxidation sites excluding steroid dienone is 1. The van der Waals surface area contributed by atoms with Crippen LogP contribution in [0.25, 0.3) is 0 Å². The zero-order valence-electron chi connectivity index (χ0n) is 14.8. The number of rotatable bonds is 10. The molecule has 122 valence electrons. The van der Waals surface area contributed by atoms with Gasteiger partial charge < -0.3 is 0 Å². The van der Waals surface area contributed by atoms with Crippen molar-refractivity contribution in [3.05, 3.63) is 42.5 Å². The average Bonchev–Trinajstić information content (AvgIpc) is 2.51. The van der Waals surface area contributed by atoms with Crippen molar-refractivity contribution in [3.8, 4) is 0 Å². The lowest BCUT2D eigenvalue weighted by molar-refractivity contribution is 0.473. The Labute approximate surface area is 136 Å². The summed E-state index contributed by atoms with van der Waals surface area (Å²) in [6, 6.07) is 10.5. The summed E-state index contributed by atoms with van der Waals surface area (Å²) in [5.41, 5.74) is 3.66. The lowest BCUT2D eigenvalue weighted by Crippen LogP contribution is -2.21. The second-order valence-corrected chi connectivity index (χ2v) is 6.39. The molecule has 1 aromatic rings. The molecular formula is C20H32N2. The van der Waals surface area contributed by atoms with Crippen molar-refractivity contribution in [3.63, 3.8) is 0 Å². The first kappa shape index (κ1) is 18.5. The van der Waals surface area contributed by atoms with Crippen LogP contribution in [0.3, 0.4) is 0 Å². The Morgan fingerprint density at radius 2 is 1.86 bits per heavy atom. The van der Waals surface area contributed by atoms with Crippen LogP contribution in [0.2, 0.25) is 0 Å². The van der Waals surface area contributed by atoms with Crippen LogP contribution in [0.5, 0.6) is 0 Å². The van der Waals surface area contributed by atoms with Crippen LogP contribution in [0, 0.1) is 5.92 Å². The molecule has 0 saturated heterocycles. The zero-order chi connectivity index (χ0) is 16.4. The number of anilines is 1. The van der Waals surface area contributed by atoms with E-state index in [4.69, 9.17) is 5.10 Å². The largest absolute Gasteiger partial charge is 0.266 e. The minimum Gasteiger partial charge on any atom is -0.266 e. The molecule has 0 N–H and O–H groups in total. The maximum atomic E-state index is 4.78. The van der Waals surface area contributed by atoms with E-state index in [1.807, 2.05) is 0 Å². The Hall–Kier alpha value is -1.57. The third kappa shape index (κ3) is 7.44. The smallest absolute Gasteiger partial charge is 0.0593 e. The van der Waals surface area contributed by atoms with E-state index in [0.29, 0.717) is 0 Å². The zero-order valence-corrected chi connectivity index (χ0v) is 14.8. The van der Waals surface area contributed by atoms with Crippen molar-refractivity contribution in [2.75, 3.05) is 11.6 Å². The van der Waals surface area contributed by atoms with E-state index in [2.05, 4.69) is 69.6 Å². The normalized spacial score (nSPS) is 13.0. The predicted molar refractivity (Wildman–Crippen MR) is 99.6 cm³/mol. The Morgan fingerprint density at radius 1 is 1.18 bits per heavy atom. The molecule has 0 bridgehead atoms. The molecule has 0 amide bonds. The standard InChI is InChI=1S/C20H32N2/c1-6-19(5)21-22(20-13-8-7-9-14-20)16-15-18(4)12-10-11-17(2)3/h7-9,13-14,18H,2,6,10-12,15-16H2,1,3-5H3/b21-19+. The molecule has 2 heteroatoms. The van der Waals surface area contributed by atoms with Gasteiger partial charge in [0.25, 0.3) is 0 Å². The maximum absolute atomic E-state index is 4.78. The van der Waals surface area contributed by atoms with E-state index in [9.17, 15) is 0 Å². The first-order valence-corrected chi connectivity index (χ1v) is 8.54. The lowest BCUT2D eigenvalue weighted by atomic mass is 9.99. The molecule has 1 atom stereocenters. The molecular weight excluding hydrogens is 268 g/mol. The Balaban J connectivity index is 2.56. The number of para-hydroxylation sites is 1. The maximum Gasteiger partial charge on any atom is 0.0593 e. The quantitative estimate of drug-likeness (QED) is 0.292. The molecule has 1 aromatic carbocycles. The molecule has 0 radical (unpaired) electrons. The molecule has 1 unspecified atom stereocenters. The monoisotopic (exact) mass is 300 g/mol. The molecule has 0 aromatic heterocycles. The Kier molecular flexibility index (Phi) is 8.57. The molecule has 2 nitrogen and oxygen atoms in total. The highest BCUT2D eigenvalue weighted by Crippen LogP contribution is 2.19. The van der Waals surface area contributed by atoms with Gasteiger partial charge in [-0.15, -0.1) is 6.58 Å². The van der Waals surface area contributed by atoms with Gasteiger partial charge >= 0.3 is 0 Å². The van der Waals surface area contributed by atoms with E-state index < -0.39 is 0 Å². The van der Waals surface area contributed by atoms with Crippen LogP contribution in [-0.4, -0.2) is 12.3 Å². The van der Waals surface area contributed by atoms with Crippen LogP contribution in [0.4, 0.5) is 5.69 Å². The Morgan fingerprint density at radius 3 is 2.45 bits per heavy atom. The predicted octanol–water partition coefficient (Wildman–Crippen LogP) is 6.05. The van der Waals surface area contributed by atoms with Crippen molar-refractivity contribution < 1.29 is 0 Å². The second-order valence-electron chi connectivity index (χ2n) is 6.39.